The molecule has 1 unspecified atom stereocenters. The van der Waals surface area contributed by atoms with Crippen LogP contribution in [0.15, 0.2) is 30.7 Å². The molecule has 1 aliphatic rings. The number of benzene rings is 1. The lowest BCUT2D eigenvalue weighted by Gasteiger charge is -2.20. The Balaban J connectivity index is 1.62. The molecule has 1 atom stereocenters. The van der Waals surface area contributed by atoms with Crippen molar-refractivity contribution in [1.29, 1.82) is 0 Å². The highest BCUT2D eigenvalue weighted by atomic mass is 15.2. The largest absolute Gasteiger partial charge is 0.363 e. The summed E-state index contributed by atoms with van der Waals surface area (Å²) in [5.41, 5.74) is 5.08. The van der Waals surface area contributed by atoms with Gasteiger partial charge in [-0.1, -0.05) is 18.2 Å². The first-order valence-electron chi connectivity index (χ1n) is 7.83. The summed E-state index contributed by atoms with van der Waals surface area (Å²) in [5, 5.41) is 11.3. The molecule has 0 saturated carbocycles. The number of aromatic nitrogens is 4. The maximum atomic E-state index is 4.35. The summed E-state index contributed by atoms with van der Waals surface area (Å²) < 4.78 is 0. The number of hydrogen-bond donors (Lipinski definition) is 2. The minimum atomic E-state index is 0.195. The predicted octanol–water partition coefficient (Wildman–Crippen LogP) is 3.40. The third-order valence-electron chi connectivity index (χ3n) is 4.47. The summed E-state index contributed by atoms with van der Waals surface area (Å²) in [4.78, 5) is 8.52. The summed E-state index contributed by atoms with van der Waals surface area (Å²) in [7, 11) is 0. The van der Waals surface area contributed by atoms with Gasteiger partial charge in [0.05, 0.1) is 11.6 Å². The van der Waals surface area contributed by atoms with Crippen LogP contribution in [0, 0.1) is 0 Å². The highest BCUT2D eigenvalue weighted by Crippen LogP contribution is 2.27. The van der Waals surface area contributed by atoms with E-state index in [1.54, 1.807) is 12.5 Å². The van der Waals surface area contributed by atoms with Crippen LogP contribution in [0.3, 0.4) is 0 Å². The number of rotatable bonds is 3. The van der Waals surface area contributed by atoms with E-state index < -0.39 is 0 Å². The van der Waals surface area contributed by atoms with Gasteiger partial charge in [-0.3, -0.25) is 5.10 Å². The van der Waals surface area contributed by atoms with Crippen molar-refractivity contribution in [3.8, 4) is 0 Å². The quantitative estimate of drug-likeness (QED) is 0.776. The second-order valence-corrected chi connectivity index (χ2v) is 5.96. The molecule has 4 rings (SSSR count). The first-order chi connectivity index (χ1) is 10.8. The zero-order chi connectivity index (χ0) is 14.9. The van der Waals surface area contributed by atoms with Crippen LogP contribution in [0.2, 0.25) is 0 Å². The third-order valence-corrected chi connectivity index (χ3v) is 4.47. The van der Waals surface area contributed by atoms with Gasteiger partial charge in [-0.2, -0.15) is 5.10 Å². The molecule has 2 N–H and O–H groups in total. The number of anilines is 1. The number of H-pyrrole nitrogens is 1. The first-order valence-corrected chi connectivity index (χ1v) is 7.83. The summed E-state index contributed by atoms with van der Waals surface area (Å²) in [6, 6.07) is 7.06. The highest BCUT2D eigenvalue weighted by Gasteiger charge is 2.14. The van der Waals surface area contributed by atoms with E-state index in [9.17, 15) is 0 Å². The van der Waals surface area contributed by atoms with Crippen LogP contribution in [-0.2, 0) is 12.8 Å². The molecular formula is C17H19N5. The summed E-state index contributed by atoms with van der Waals surface area (Å²) >= 11 is 0. The van der Waals surface area contributed by atoms with Gasteiger partial charge in [-0.25, -0.2) is 9.97 Å². The minimum Gasteiger partial charge on any atom is -0.363 e. The van der Waals surface area contributed by atoms with E-state index >= 15 is 0 Å². The van der Waals surface area contributed by atoms with Crippen molar-refractivity contribution >= 4 is 16.9 Å². The molecule has 1 aromatic carbocycles. The average Bonchev–Trinajstić information content (AvgIpc) is 3.04. The fourth-order valence-corrected chi connectivity index (χ4v) is 3.19. The number of aryl methyl sites for hydroxylation is 2. The predicted molar refractivity (Wildman–Crippen MR) is 86.8 cm³/mol. The van der Waals surface area contributed by atoms with Crippen LogP contribution in [0.4, 0.5) is 5.82 Å². The highest BCUT2D eigenvalue weighted by molar-refractivity contribution is 5.85. The Hall–Kier alpha value is -2.43. The fraction of sp³-hybridized carbons (Fsp3) is 0.353. The average molecular weight is 293 g/mol. The van der Waals surface area contributed by atoms with Crippen LogP contribution in [0.5, 0.6) is 0 Å². The molecule has 0 bridgehead atoms. The van der Waals surface area contributed by atoms with Gasteiger partial charge >= 0.3 is 0 Å². The van der Waals surface area contributed by atoms with E-state index in [4.69, 9.17) is 0 Å². The summed E-state index contributed by atoms with van der Waals surface area (Å²) in [6.07, 6.45) is 8.37. The van der Waals surface area contributed by atoms with Crippen LogP contribution in [0.1, 0.15) is 42.5 Å². The van der Waals surface area contributed by atoms with Gasteiger partial charge in [0.25, 0.3) is 0 Å². The lowest BCUT2D eigenvalue weighted by Crippen LogP contribution is -2.10. The molecule has 1 aliphatic carbocycles. The fourth-order valence-electron chi connectivity index (χ4n) is 3.19. The molecule has 0 aliphatic heterocycles. The van der Waals surface area contributed by atoms with Crippen LogP contribution >= 0.6 is 0 Å². The van der Waals surface area contributed by atoms with E-state index in [1.807, 2.05) is 0 Å². The zero-order valence-corrected chi connectivity index (χ0v) is 12.6. The SMILES string of the molecule is CC(Nc1ncnc2[nH]ncc12)c1ccc2c(c1)CCCC2. The topological polar surface area (TPSA) is 66.5 Å². The Morgan fingerprint density at radius 2 is 2.00 bits per heavy atom. The van der Waals surface area contributed by atoms with Gasteiger partial charge in [0, 0.05) is 6.04 Å². The van der Waals surface area contributed by atoms with E-state index in [0.717, 1.165) is 16.9 Å². The molecule has 2 aromatic heterocycles. The van der Waals surface area contributed by atoms with Crippen molar-refractivity contribution in [2.75, 3.05) is 5.32 Å². The molecule has 22 heavy (non-hydrogen) atoms. The maximum absolute atomic E-state index is 4.35. The molecule has 0 amide bonds. The Morgan fingerprint density at radius 3 is 2.91 bits per heavy atom. The molecular weight excluding hydrogens is 274 g/mol. The maximum Gasteiger partial charge on any atom is 0.160 e. The lowest BCUT2D eigenvalue weighted by molar-refractivity contribution is 0.683. The van der Waals surface area contributed by atoms with E-state index in [1.165, 1.54) is 42.4 Å². The van der Waals surface area contributed by atoms with Gasteiger partial charge in [-0.15, -0.1) is 0 Å². The Morgan fingerprint density at radius 1 is 1.14 bits per heavy atom. The van der Waals surface area contributed by atoms with E-state index in [-0.39, 0.29) is 6.04 Å². The van der Waals surface area contributed by atoms with Crippen LogP contribution in [-0.4, -0.2) is 20.2 Å². The van der Waals surface area contributed by atoms with Crippen LogP contribution < -0.4 is 5.32 Å². The van der Waals surface area contributed by atoms with Gasteiger partial charge in [0.15, 0.2) is 5.65 Å². The number of fused-ring (bicyclic) bond motifs is 2. The summed E-state index contributed by atoms with van der Waals surface area (Å²) in [6.45, 7) is 2.17. The number of nitrogens with zero attached hydrogens (tertiary/aromatic N) is 3. The molecule has 2 heterocycles. The molecule has 112 valence electrons. The normalized spacial score (nSPS) is 15.5. The van der Waals surface area contributed by atoms with Gasteiger partial charge in [0.1, 0.15) is 12.1 Å². The summed E-state index contributed by atoms with van der Waals surface area (Å²) in [5.74, 6) is 0.823. The standard InChI is InChI=1S/C17H19N5/c1-11(13-7-6-12-4-2-3-5-14(12)8-13)21-16-15-9-20-22-17(15)19-10-18-16/h6-11H,2-5H2,1H3,(H2,18,19,20,21,22). The van der Waals surface area contributed by atoms with Crippen molar-refractivity contribution in [3.05, 3.63) is 47.4 Å². The first kappa shape index (κ1) is 13.2. The van der Waals surface area contributed by atoms with Crippen molar-refractivity contribution in [1.82, 2.24) is 20.2 Å². The zero-order valence-electron chi connectivity index (χ0n) is 12.6. The molecule has 0 radical (unpaired) electrons. The van der Waals surface area contributed by atoms with Crippen molar-refractivity contribution in [2.24, 2.45) is 0 Å². The van der Waals surface area contributed by atoms with Crippen LogP contribution in [0.25, 0.3) is 11.0 Å². The van der Waals surface area contributed by atoms with Gasteiger partial charge < -0.3 is 5.32 Å². The van der Waals surface area contributed by atoms with Crippen molar-refractivity contribution in [2.45, 2.75) is 38.6 Å². The second-order valence-electron chi connectivity index (χ2n) is 5.96. The lowest BCUT2D eigenvalue weighted by atomic mass is 9.89. The Labute approximate surface area is 129 Å². The third kappa shape index (κ3) is 2.32. The number of nitrogens with one attached hydrogen (secondary N) is 2. The van der Waals surface area contributed by atoms with Gasteiger partial charge in [0.2, 0.25) is 0 Å². The number of hydrogen-bond acceptors (Lipinski definition) is 4. The van der Waals surface area contributed by atoms with Crippen molar-refractivity contribution < 1.29 is 0 Å². The molecule has 5 nitrogen and oxygen atoms in total. The van der Waals surface area contributed by atoms with E-state index in [0.29, 0.717) is 0 Å². The number of aromatic amines is 1. The van der Waals surface area contributed by atoms with Crippen molar-refractivity contribution in [3.63, 3.8) is 0 Å². The van der Waals surface area contributed by atoms with Gasteiger partial charge in [-0.05, 0) is 49.3 Å². The monoisotopic (exact) mass is 293 g/mol. The smallest absolute Gasteiger partial charge is 0.160 e. The Bertz CT molecular complexity index is 808. The molecule has 3 aromatic rings. The molecule has 0 fully saturated rings. The second kappa shape index (κ2) is 5.40. The minimum absolute atomic E-state index is 0.195. The molecule has 0 spiro atoms. The molecule has 0 saturated heterocycles. The Kier molecular flexibility index (Phi) is 3.25. The molecule has 5 heteroatoms. The van der Waals surface area contributed by atoms with E-state index in [2.05, 4.69) is 50.6 Å².